The highest BCUT2D eigenvalue weighted by Gasteiger charge is 2.45. The fourth-order valence-electron chi connectivity index (χ4n) is 3.81. The zero-order valence-corrected chi connectivity index (χ0v) is 17.4. The Kier molecular flexibility index (Phi) is 4.58. The molecule has 0 radical (unpaired) electrons. The van der Waals surface area contributed by atoms with E-state index < -0.39 is 0 Å². The quantitative estimate of drug-likeness (QED) is 0.524. The molecule has 4 aromatic heterocycles. The molecule has 0 saturated heterocycles. The third kappa shape index (κ3) is 3.48. The summed E-state index contributed by atoms with van der Waals surface area (Å²) in [6.45, 7) is 4.04. The van der Waals surface area contributed by atoms with Crippen molar-refractivity contribution in [2.45, 2.75) is 38.5 Å². The summed E-state index contributed by atoms with van der Waals surface area (Å²) < 4.78 is 7.34. The summed E-state index contributed by atoms with van der Waals surface area (Å²) in [4.78, 5) is 17.4. The maximum absolute atomic E-state index is 5.59. The Morgan fingerprint density at radius 3 is 2.52 bits per heavy atom. The van der Waals surface area contributed by atoms with Crippen LogP contribution in [0.5, 0.6) is 0 Å². The number of anilines is 1. The van der Waals surface area contributed by atoms with Crippen LogP contribution >= 0.6 is 0 Å². The summed E-state index contributed by atoms with van der Waals surface area (Å²) in [6.07, 6.45) is 13.8. The van der Waals surface area contributed by atoms with Crippen LogP contribution in [0.25, 0.3) is 28.9 Å². The highest BCUT2D eigenvalue weighted by atomic mass is 16.5. The molecule has 1 saturated carbocycles. The van der Waals surface area contributed by atoms with E-state index in [0.29, 0.717) is 11.7 Å². The molecule has 0 spiro atoms. The highest BCUT2D eigenvalue weighted by Crippen LogP contribution is 2.48. The summed E-state index contributed by atoms with van der Waals surface area (Å²) in [5.41, 5.74) is 9.92. The van der Waals surface area contributed by atoms with E-state index in [4.69, 9.17) is 15.2 Å². The molecule has 31 heavy (non-hydrogen) atoms. The molecule has 5 rings (SSSR count). The van der Waals surface area contributed by atoms with Gasteiger partial charge in [-0.15, -0.1) is 0 Å². The van der Waals surface area contributed by atoms with Gasteiger partial charge >= 0.3 is 0 Å². The van der Waals surface area contributed by atoms with Crippen LogP contribution in [-0.4, -0.2) is 34.9 Å². The molecule has 2 N–H and O–H groups in total. The van der Waals surface area contributed by atoms with Crippen LogP contribution < -0.4 is 5.73 Å². The monoisotopic (exact) mass is 414 g/mol. The van der Waals surface area contributed by atoms with E-state index in [-0.39, 0.29) is 11.4 Å². The minimum Gasteiger partial charge on any atom is -0.368 e. The molecule has 0 amide bonds. The fourth-order valence-corrected chi connectivity index (χ4v) is 3.81. The Labute approximate surface area is 179 Å². The van der Waals surface area contributed by atoms with Crippen LogP contribution in [0, 0.1) is 0 Å². The van der Waals surface area contributed by atoms with Crippen molar-refractivity contribution in [1.29, 1.82) is 0 Å². The summed E-state index contributed by atoms with van der Waals surface area (Å²) >= 11 is 0. The average Bonchev–Trinajstić information content (AvgIpc) is 3.38. The molecule has 0 aromatic carbocycles. The van der Waals surface area contributed by atoms with Crippen molar-refractivity contribution < 1.29 is 4.52 Å². The van der Waals surface area contributed by atoms with Crippen molar-refractivity contribution >= 4 is 12.1 Å². The van der Waals surface area contributed by atoms with Crippen molar-refractivity contribution in [1.82, 2.24) is 34.9 Å². The van der Waals surface area contributed by atoms with Crippen molar-refractivity contribution in [3.05, 3.63) is 60.1 Å². The standard InChI is InChI=1S/C22H22N8O/c1-14(2)12-30-13-16(10-27-30)19-28-20(29-31-19)22(6-3-7-22)17-4-5-18(24-11-17)15-8-25-21(23)26-9-15/h4-5,8-13H,3,6-7H2,1-2H3,(H2,23,25,26). The topological polar surface area (TPSA) is 121 Å². The second kappa shape index (κ2) is 7.42. The molecule has 9 heteroatoms. The second-order valence-corrected chi connectivity index (χ2v) is 8.04. The Morgan fingerprint density at radius 2 is 1.87 bits per heavy atom. The number of allylic oxidation sites excluding steroid dienone is 1. The van der Waals surface area contributed by atoms with Crippen molar-refractivity contribution in [2.24, 2.45) is 0 Å². The smallest absolute Gasteiger partial charge is 0.261 e. The van der Waals surface area contributed by atoms with Crippen LogP contribution in [0.1, 0.15) is 44.5 Å². The van der Waals surface area contributed by atoms with Crippen molar-refractivity contribution in [2.75, 3.05) is 5.73 Å². The summed E-state index contributed by atoms with van der Waals surface area (Å²) in [7, 11) is 0. The summed E-state index contributed by atoms with van der Waals surface area (Å²) in [5.74, 6) is 1.40. The van der Waals surface area contributed by atoms with E-state index in [2.05, 4.69) is 31.3 Å². The summed E-state index contributed by atoms with van der Waals surface area (Å²) in [6, 6.07) is 4.04. The average molecular weight is 414 g/mol. The van der Waals surface area contributed by atoms with Gasteiger partial charge in [-0.05, 0) is 38.3 Å². The Balaban J connectivity index is 1.43. The van der Waals surface area contributed by atoms with Crippen LogP contribution in [0.15, 0.2) is 53.2 Å². The first-order valence-corrected chi connectivity index (χ1v) is 10.1. The first-order valence-electron chi connectivity index (χ1n) is 10.1. The van der Waals surface area contributed by atoms with Crippen LogP contribution in [0.2, 0.25) is 0 Å². The lowest BCUT2D eigenvalue weighted by molar-refractivity contribution is 0.272. The van der Waals surface area contributed by atoms with Gasteiger partial charge in [0.05, 0.1) is 22.9 Å². The molecular weight excluding hydrogens is 392 g/mol. The molecule has 0 bridgehead atoms. The molecule has 1 aliphatic carbocycles. The molecule has 0 atom stereocenters. The SMILES string of the molecule is CC(C)=Cn1cc(-c2nc(C3(c4ccc(-c5cnc(N)nc5)nc4)CCC3)no2)cn1. The molecule has 4 aromatic rings. The maximum Gasteiger partial charge on any atom is 0.261 e. The van der Waals surface area contributed by atoms with Gasteiger partial charge in [-0.1, -0.05) is 23.2 Å². The predicted octanol–water partition coefficient (Wildman–Crippen LogP) is 3.72. The van der Waals surface area contributed by atoms with E-state index in [0.717, 1.165) is 47.2 Å². The second-order valence-electron chi connectivity index (χ2n) is 8.04. The van der Waals surface area contributed by atoms with E-state index in [1.807, 2.05) is 38.5 Å². The van der Waals surface area contributed by atoms with Gasteiger partial charge in [0.2, 0.25) is 5.95 Å². The molecule has 4 heterocycles. The lowest BCUT2D eigenvalue weighted by Gasteiger charge is -2.39. The number of pyridine rings is 1. The number of nitrogens with two attached hydrogens (primary N) is 1. The van der Waals surface area contributed by atoms with Gasteiger partial charge in [0, 0.05) is 36.6 Å². The molecule has 9 nitrogen and oxygen atoms in total. The Hall–Kier alpha value is -3.88. The van der Waals surface area contributed by atoms with Crippen LogP contribution in [0.3, 0.4) is 0 Å². The molecule has 156 valence electrons. The maximum atomic E-state index is 5.59. The van der Waals surface area contributed by atoms with Gasteiger partial charge in [0.25, 0.3) is 5.89 Å². The number of nitrogen functional groups attached to an aromatic ring is 1. The zero-order valence-electron chi connectivity index (χ0n) is 17.4. The molecule has 0 unspecified atom stereocenters. The minimum absolute atomic E-state index is 0.244. The van der Waals surface area contributed by atoms with Crippen LogP contribution in [-0.2, 0) is 5.41 Å². The van der Waals surface area contributed by atoms with Gasteiger partial charge in [-0.25, -0.2) is 14.6 Å². The third-order valence-corrected chi connectivity index (χ3v) is 5.58. The van der Waals surface area contributed by atoms with Gasteiger partial charge in [-0.2, -0.15) is 10.1 Å². The van der Waals surface area contributed by atoms with Crippen LogP contribution in [0.4, 0.5) is 5.95 Å². The van der Waals surface area contributed by atoms with E-state index in [1.54, 1.807) is 23.3 Å². The lowest BCUT2D eigenvalue weighted by atomic mass is 9.64. The van der Waals surface area contributed by atoms with E-state index in [1.165, 1.54) is 0 Å². The van der Waals surface area contributed by atoms with E-state index in [9.17, 15) is 0 Å². The first kappa shape index (κ1) is 19.1. The van der Waals surface area contributed by atoms with Gasteiger partial charge in [0.1, 0.15) is 0 Å². The van der Waals surface area contributed by atoms with Gasteiger partial charge in [-0.3, -0.25) is 4.98 Å². The third-order valence-electron chi connectivity index (χ3n) is 5.58. The number of hydrogen-bond donors (Lipinski definition) is 1. The number of hydrogen-bond acceptors (Lipinski definition) is 8. The van der Waals surface area contributed by atoms with E-state index >= 15 is 0 Å². The van der Waals surface area contributed by atoms with Crippen molar-refractivity contribution in [3.8, 4) is 22.7 Å². The molecule has 1 aliphatic rings. The zero-order chi connectivity index (χ0) is 21.4. The lowest BCUT2D eigenvalue weighted by Crippen LogP contribution is -2.36. The Bertz CT molecular complexity index is 1230. The molecule has 1 fully saturated rings. The summed E-state index contributed by atoms with van der Waals surface area (Å²) in [5, 5.41) is 8.65. The number of aromatic nitrogens is 7. The van der Waals surface area contributed by atoms with Crippen molar-refractivity contribution in [3.63, 3.8) is 0 Å². The Morgan fingerprint density at radius 1 is 1.06 bits per heavy atom. The van der Waals surface area contributed by atoms with Gasteiger partial charge in [0.15, 0.2) is 5.82 Å². The fraction of sp³-hybridized carbons (Fsp3) is 0.273. The number of nitrogens with zero attached hydrogens (tertiary/aromatic N) is 7. The van der Waals surface area contributed by atoms with Gasteiger partial charge < -0.3 is 10.3 Å². The largest absolute Gasteiger partial charge is 0.368 e. The minimum atomic E-state index is -0.277. The highest BCUT2D eigenvalue weighted by molar-refractivity contribution is 5.58. The molecular formula is C22H22N8O. The number of rotatable bonds is 5. The molecule has 0 aliphatic heterocycles. The first-order chi connectivity index (χ1) is 15.0. The normalized spacial score (nSPS) is 14.8. The predicted molar refractivity (Wildman–Crippen MR) is 115 cm³/mol.